The van der Waals surface area contributed by atoms with Crippen molar-refractivity contribution in [2.24, 2.45) is 5.92 Å². The van der Waals surface area contributed by atoms with Gasteiger partial charge in [-0.2, -0.15) is 4.68 Å². The maximum atomic E-state index is 12.4. The van der Waals surface area contributed by atoms with E-state index >= 15 is 0 Å². The van der Waals surface area contributed by atoms with Crippen LogP contribution in [-0.4, -0.2) is 21.4 Å². The minimum Gasteiger partial charge on any atom is -0.353 e. The average Bonchev–Trinajstić information content (AvgIpc) is 2.59. The van der Waals surface area contributed by atoms with Gasteiger partial charge in [0.15, 0.2) is 5.69 Å². The number of unbranched alkanes of at least 4 members (excludes halogenated alkanes) is 1. The highest BCUT2D eigenvalue weighted by molar-refractivity contribution is 5.57. The summed E-state index contributed by atoms with van der Waals surface area (Å²) in [5, 5.41) is 11.3. The fourth-order valence-corrected chi connectivity index (χ4v) is 2.48. The fourth-order valence-electron chi connectivity index (χ4n) is 2.48. The Kier molecular flexibility index (Phi) is 6.14. The predicted molar refractivity (Wildman–Crippen MR) is 93.7 cm³/mol. The second-order valence-electron chi connectivity index (χ2n) is 5.71. The first-order chi connectivity index (χ1) is 11.2. The van der Waals surface area contributed by atoms with E-state index in [4.69, 9.17) is 5.84 Å². The molecule has 0 aliphatic carbocycles. The smallest absolute Gasteiger partial charge is 0.300 e. The van der Waals surface area contributed by atoms with E-state index in [1.165, 1.54) is 12.8 Å². The van der Waals surface area contributed by atoms with Crippen LogP contribution >= 0.6 is 0 Å². The van der Waals surface area contributed by atoms with Gasteiger partial charge in [-0.15, -0.1) is 10.2 Å². The SMILES string of the molecule is CCCCC(CC)CNc1nnc(-c2ccccc2)c(=O)n1N. The molecule has 0 saturated heterocycles. The van der Waals surface area contributed by atoms with Crippen molar-refractivity contribution in [3.05, 3.63) is 40.7 Å². The largest absolute Gasteiger partial charge is 0.353 e. The third-order valence-corrected chi connectivity index (χ3v) is 4.03. The quantitative estimate of drug-likeness (QED) is 0.731. The molecule has 6 nitrogen and oxygen atoms in total. The van der Waals surface area contributed by atoms with Crippen LogP contribution in [0, 0.1) is 5.92 Å². The maximum Gasteiger partial charge on any atom is 0.300 e. The third-order valence-electron chi connectivity index (χ3n) is 4.03. The normalized spacial score (nSPS) is 12.1. The van der Waals surface area contributed by atoms with Crippen molar-refractivity contribution in [2.45, 2.75) is 39.5 Å². The van der Waals surface area contributed by atoms with Crippen LogP contribution in [0.4, 0.5) is 5.95 Å². The van der Waals surface area contributed by atoms with Crippen LogP contribution in [-0.2, 0) is 0 Å². The summed E-state index contributed by atoms with van der Waals surface area (Å²) in [6.45, 7) is 5.10. The first kappa shape index (κ1) is 17.0. The highest BCUT2D eigenvalue weighted by Crippen LogP contribution is 2.14. The van der Waals surface area contributed by atoms with Gasteiger partial charge >= 0.3 is 0 Å². The molecule has 3 N–H and O–H groups in total. The van der Waals surface area contributed by atoms with E-state index in [-0.39, 0.29) is 11.3 Å². The number of nitrogens with zero attached hydrogens (tertiary/aromatic N) is 3. The monoisotopic (exact) mass is 315 g/mol. The standard InChI is InChI=1S/C17H25N5O/c1-3-5-9-13(4-2)12-19-17-21-20-15(16(23)22(17)18)14-10-7-6-8-11-14/h6-8,10-11,13H,3-5,9,12,18H2,1-2H3,(H,19,21). The zero-order valence-electron chi connectivity index (χ0n) is 13.8. The molecular weight excluding hydrogens is 290 g/mol. The highest BCUT2D eigenvalue weighted by atomic mass is 16.1. The molecule has 0 fully saturated rings. The number of hydrogen-bond acceptors (Lipinski definition) is 5. The number of anilines is 1. The molecular formula is C17H25N5O. The molecule has 1 aromatic heterocycles. The Bertz CT molecular complexity index is 668. The number of nitrogens with one attached hydrogen (secondary N) is 1. The van der Waals surface area contributed by atoms with E-state index in [9.17, 15) is 4.79 Å². The van der Waals surface area contributed by atoms with E-state index in [0.29, 0.717) is 17.4 Å². The van der Waals surface area contributed by atoms with Crippen LogP contribution in [0.5, 0.6) is 0 Å². The van der Waals surface area contributed by atoms with Crippen LogP contribution in [0.1, 0.15) is 39.5 Å². The molecule has 0 bridgehead atoms. The van der Waals surface area contributed by atoms with Crippen molar-refractivity contribution < 1.29 is 0 Å². The van der Waals surface area contributed by atoms with E-state index in [0.717, 1.165) is 24.1 Å². The minimum atomic E-state index is -0.352. The van der Waals surface area contributed by atoms with Gasteiger partial charge in [-0.05, 0) is 12.3 Å². The van der Waals surface area contributed by atoms with E-state index < -0.39 is 0 Å². The summed E-state index contributed by atoms with van der Waals surface area (Å²) in [7, 11) is 0. The Morgan fingerprint density at radius 2 is 1.96 bits per heavy atom. The lowest BCUT2D eigenvalue weighted by atomic mass is 9.99. The Balaban J connectivity index is 2.13. The summed E-state index contributed by atoms with van der Waals surface area (Å²) in [5.74, 6) is 6.74. The highest BCUT2D eigenvalue weighted by Gasteiger charge is 2.13. The second kappa shape index (κ2) is 8.31. The van der Waals surface area contributed by atoms with Crippen molar-refractivity contribution in [2.75, 3.05) is 17.7 Å². The summed E-state index contributed by atoms with van der Waals surface area (Å²) in [6, 6.07) is 9.22. The minimum absolute atomic E-state index is 0.261. The molecule has 0 aliphatic rings. The molecule has 2 aromatic rings. The number of aromatic nitrogens is 3. The fraction of sp³-hybridized carbons (Fsp3) is 0.471. The molecule has 23 heavy (non-hydrogen) atoms. The van der Waals surface area contributed by atoms with Gasteiger partial charge in [0.1, 0.15) is 0 Å². The number of nitrogen functional groups attached to an aromatic ring is 1. The van der Waals surface area contributed by atoms with E-state index in [1.807, 2.05) is 30.3 Å². The molecule has 0 radical (unpaired) electrons. The van der Waals surface area contributed by atoms with Crippen LogP contribution in [0.15, 0.2) is 35.1 Å². The van der Waals surface area contributed by atoms with Gasteiger partial charge in [-0.3, -0.25) is 4.79 Å². The predicted octanol–water partition coefficient (Wildman–Crippen LogP) is 2.65. The van der Waals surface area contributed by atoms with Crippen LogP contribution < -0.4 is 16.7 Å². The van der Waals surface area contributed by atoms with Crippen molar-refractivity contribution in [1.29, 1.82) is 0 Å². The second-order valence-corrected chi connectivity index (χ2v) is 5.71. The van der Waals surface area contributed by atoms with Crippen molar-refractivity contribution in [3.8, 4) is 11.3 Å². The van der Waals surface area contributed by atoms with Gasteiger partial charge < -0.3 is 11.2 Å². The van der Waals surface area contributed by atoms with Gasteiger partial charge in [0.2, 0.25) is 5.95 Å². The molecule has 0 spiro atoms. The van der Waals surface area contributed by atoms with Gasteiger partial charge in [0.25, 0.3) is 5.56 Å². The average molecular weight is 315 g/mol. The number of rotatable bonds is 8. The van der Waals surface area contributed by atoms with Crippen molar-refractivity contribution in [3.63, 3.8) is 0 Å². The van der Waals surface area contributed by atoms with Crippen LogP contribution in [0.3, 0.4) is 0 Å². The van der Waals surface area contributed by atoms with Gasteiger partial charge in [-0.25, -0.2) is 0 Å². The molecule has 1 heterocycles. The topological polar surface area (TPSA) is 85.8 Å². The molecule has 0 aliphatic heterocycles. The first-order valence-corrected chi connectivity index (χ1v) is 8.21. The van der Waals surface area contributed by atoms with Crippen molar-refractivity contribution >= 4 is 5.95 Å². The van der Waals surface area contributed by atoms with Crippen LogP contribution in [0.2, 0.25) is 0 Å². The summed E-state index contributed by atoms with van der Waals surface area (Å²) in [6.07, 6.45) is 4.62. The summed E-state index contributed by atoms with van der Waals surface area (Å²) in [4.78, 5) is 12.4. The summed E-state index contributed by atoms with van der Waals surface area (Å²) >= 11 is 0. The number of nitrogens with two attached hydrogens (primary N) is 1. The lowest BCUT2D eigenvalue weighted by molar-refractivity contribution is 0.470. The zero-order valence-corrected chi connectivity index (χ0v) is 13.8. The molecule has 0 amide bonds. The molecule has 0 saturated carbocycles. The number of hydrogen-bond donors (Lipinski definition) is 2. The lowest BCUT2D eigenvalue weighted by Gasteiger charge is -2.16. The molecule has 6 heteroatoms. The third kappa shape index (κ3) is 4.31. The van der Waals surface area contributed by atoms with Gasteiger partial charge in [0, 0.05) is 12.1 Å². The zero-order chi connectivity index (χ0) is 16.7. The Labute approximate surface area is 136 Å². The first-order valence-electron chi connectivity index (χ1n) is 8.21. The molecule has 124 valence electrons. The lowest BCUT2D eigenvalue weighted by Crippen LogP contribution is -2.34. The number of benzene rings is 1. The molecule has 1 aromatic carbocycles. The Morgan fingerprint density at radius 3 is 2.61 bits per heavy atom. The summed E-state index contributed by atoms with van der Waals surface area (Å²) in [5.41, 5.74) is 0.622. The maximum absolute atomic E-state index is 12.4. The van der Waals surface area contributed by atoms with Crippen molar-refractivity contribution in [1.82, 2.24) is 14.9 Å². The molecule has 2 rings (SSSR count). The van der Waals surface area contributed by atoms with E-state index in [2.05, 4.69) is 29.4 Å². The molecule has 1 atom stereocenters. The van der Waals surface area contributed by atoms with E-state index in [1.54, 1.807) is 0 Å². The molecule has 1 unspecified atom stereocenters. The Hall–Kier alpha value is -2.37. The van der Waals surface area contributed by atoms with Gasteiger partial charge in [-0.1, -0.05) is 63.4 Å². The summed E-state index contributed by atoms with van der Waals surface area (Å²) < 4.78 is 1.04. The van der Waals surface area contributed by atoms with Gasteiger partial charge in [0.05, 0.1) is 0 Å². The van der Waals surface area contributed by atoms with Crippen LogP contribution in [0.25, 0.3) is 11.3 Å². The Morgan fingerprint density at radius 1 is 1.22 bits per heavy atom.